The van der Waals surface area contributed by atoms with Gasteiger partial charge < -0.3 is 4.74 Å². The molecule has 0 saturated heterocycles. The van der Waals surface area contributed by atoms with Gasteiger partial charge in [0.15, 0.2) is 0 Å². The number of pyridine rings is 1. The number of nitrogens with zero attached hydrogens (tertiary/aromatic N) is 1. The quantitative estimate of drug-likeness (QED) is 0.547. The molecule has 4 heteroatoms. The molecule has 1 aromatic heterocycles. The van der Waals surface area contributed by atoms with Gasteiger partial charge in [-0.25, -0.2) is 0 Å². The van der Waals surface area contributed by atoms with Crippen LogP contribution in [0, 0.1) is 5.92 Å². The van der Waals surface area contributed by atoms with E-state index in [1.165, 1.54) is 0 Å². The zero-order valence-corrected chi connectivity index (χ0v) is 9.31. The van der Waals surface area contributed by atoms with Gasteiger partial charge in [-0.1, -0.05) is 13.0 Å². The molecule has 0 radical (unpaired) electrons. The van der Waals surface area contributed by atoms with Crippen LogP contribution in [0.4, 0.5) is 0 Å². The maximum Gasteiger partial charge on any atom is 0.0488 e. The highest BCUT2D eigenvalue weighted by molar-refractivity contribution is 5.13. The van der Waals surface area contributed by atoms with Crippen molar-refractivity contribution in [1.29, 1.82) is 0 Å². The van der Waals surface area contributed by atoms with E-state index in [4.69, 9.17) is 10.6 Å². The number of aromatic nitrogens is 1. The average Bonchev–Trinajstić information content (AvgIpc) is 2.27. The van der Waals surface area contributed by atoms with Gasteiger partial charge in [-0.15, -0.1) is 0 Å². The molecule has 0 spiro atoms. The van der Waals surface area contributed by atoms with Crippen LogP contribution >= 0.6 is 0 Å². The predicted octanol–water partition coefficient (Wildman–Crippen LogP) is 1.26. The highest BCUT2D eigenvalue weighted by Gasteiger charge is 2.13. The summed E-state index contributed by atoms with van der Waals surface area (Å²) in [5, 5.41) is 0. The molecule has 1 aromatic rings. The van der Waals surface area contributed by atoms with Crippen molar-refractivity contribution in [3.05, 3.63) is 30.1 Å². The number of nitrogens with two attached hydrogens (primary N) is 1. The lowest BCUT2D eigenvalue weighted by atomic mass is 9.98. The standard InChI is InChI=1S/C11H19N3O/c1-9(8-15-2)6-11(14-12)10-4-3-5-13-7-10/h3-5,7,9,11,14H,6,8,12H2,1-2H3. The molecule has 0 aliphatic carbocycles. The molecule has 0 amide bonds. The van der Waals surface area contributed by atoms with Crippen LogP contribution in [0.5, 0.6) is 0 Å². The van der Waals surface area contributed by atoms with Crippen LogP contribution in [0.25, 0.3) is 0 Å². The maximum atomic E-state index is 5.53. The van der Waals surface area contributed by atoms with E-state index >= 15 is 0 Å². The average molecular weight is 209 g/mol. The number of hydrazine groups is 1. The first-order valence-corrected chi connectivity index (χ1v) is 5.13. The smallest absolute Gasteiger partial charge is 0.0488 e. The SMILES string of the molecule is COCC(C)CC(NN)c1cccnc1. The van der Waals surface area contributed by atoms with Crippen molar-refractivity contribution in [2.24, 2.45) is 11.8 Å². The van der Waals surface area contributed by atoms with Gasteiger partial charge in [0.1, 0.15) is 0 Å². The predicted molar refractivity (Wildman–Crippen MR) is 60.0 cm³/mol. The minimum Gasteiger partial charge on any atom is -0.384 e. The van der Waals surface area contributed by atoms with E-state index in [1.54, 1.807) is 13.3 Å². The third kappa shape index (κ3) is 3.95. The number of rotatable bonds is 6. The Labute approximate surface area is 90.8 Å². The largest absolute Gasteiger partial charge is 0.384 e. The number of ether oxygens (including phenoxy) is 1. The molecule has 3 N–H and O–H groups in total. The summed E-state index contributed by atoms with van der Waals surface area (Å²) >= 11 is 0. The maximum absolute atomic E-state index is 5.53. The molecule has 1 heterocycles. The molecular weight excluding hydrogens is 190 g/mol. The Morgan fingerprint density at radius 2 is 2.40 bits per heavy atom. The van der Waals surface area contributed by atoms with E-state index < -0.39 is 0 Å². The van der Waals surface area contributed by atoms with Crippen LogP contribution in [-0.2, 0) is 4.74 Å². The van der Waals surface area contributed by atoms with E-state index in [-0.39, 0.29) is 6.04 Å². The van der Waals surface area contributed by atoms with Crippen LogP contribution < -0.4 is 11.3 Å². The molecule has 15 heavy (non-hydrogen) atoms. The molecule has 0 saturated carbocycles. The van der Waals surface area contributed by atoms with Crippen molar-refractivity contribution >= 4 is 0 Å². The van der Waals surface area contributed by atoms with Gasteiger partial charge in [-0.05, 0) is 24.0 Å². The Bertz CT molecular complexity index is 266. The fourth-order valence-corrected chi connectivity index (χ4v) is 1.64. The zero-order valence-electron chi connectivity index (χ0n) is 9.31. The van der Waals surface area contributed by atoms with Crippen molar-refractivity contribution < 1.29 is 4.74 Å². The molecule has 84 valence electrons. The van der Waals surface area contributed by atoms with E-state index in [1.807, 2.05) is 18.3 Å². The van der Waals surface area contributed by atoms with Crippen molar-refractivity contribution in [2.45, 2.75) is 19.4 Å². The molecular formula is C11H19N3O. The molecule has 2 unspecified atom stereocenters. The Hall–Kier alpha value is -0.970. The third-order valence-corrected chi connectivity index (χ3v) is 2.38. The molecule has 0 fully saturated rings. The Balaban J connectivity index is 2.56. The lowest BCUT2D eigenvalue weighted by Gasteiger charge is -2.19. The minimum atomic E-state index is 0.142. The van der Waals surface area contributed by atoms with Gasteiger partial charge >= 0.3 is 0 Å². The van der Waals surface area contributed by atoms with E-state index in [0.717, 1.165) is 18.6 Å². The second-order valence-corrected chi connectivity index (χ2v) is 3.80. The van der Waals surface area contributed by atoms with Crippen molar-refractivity contribution in [1.82, 2.24) is 10.4 Å². The summed E-state index contributed by atoms with van der Waals surface area (Å²) in [5.41, 5.74) is 3.93. The third-order valence-electron chi connectivity index (χ3n) is 2.38. The van der Waals surface area contributed by atoms with Crippen LogP contribution in [0.2, 0.25) is 0 Å². The highest BCUT2D eigenvalue weighted by Crippen LogP contribution is 2.19. The van der Waals surface area contributed by atoms with Gasteiger partial charge in [0.05, 0.1) is 0 Å². The summed E-state index contributed by atoms with van der Waals surface area (Å²) in [6.07, 6.45) is 4.54. The summed E-state index contributed by atoms with van der Waals surface area (Å²) < 4.78 is 5.10. The zero-order chi connectivity index (χ0) is 11.1. The van der Waals surface area contributed by atoms with Crippen LogP contribution in [-0.4, -0.2) is 18.7 Å². The molecule has 0 aromatic carbocycles. The first kappa shape index (κ1) is 12.1. The Morgan fingerprint density at radius 1 is 1.60 bits per heavy atom. The summed E-state index contributed by atoms with van der Waals surface area (Å²) in [4.78, 5) is 4.08. The van der Waals surface area contributed by atoms with E-state index in [2.05, 4.69) is 17.3 Å². The summed E-state index contributed by atoms with van der Waals surface area (Å²) in [6, 6.07) is 4.08. The summed E-state index contributed by atoms with van der Waals surface area (Å²) in [5.74, 6) is 6.00. The number of hydrogen-bond acceptors (Lipinski definition) is 4. The molecule has 0 aliphatic heterocycles. The topological polar surface area (TPSA) is 60.2 Å². The minimum absolute atomic E-state index is 0.142. The van der Waals surface area contributed by atoms with Crippen molar-refractivity contribution in [3.8, 4) is 0 Å². The fraction of sp³-hybridized carbons (Fsp3) is 0.545. The lowest BCUT2D eigenvalue weighted by molar-refractivity contribution is 0.149. The monoisotopic (exact) mass is 209 g/mol. The lowest BCUT2D eigenvalue weighted by Crippen LogP contribution is -2.30. The summed E-state index contributed by atoms with van der Waals surface area (Å²) in [6.45, 7) is 2.89. The highest BCUT2D eigenvalue weighted by atomic mass is 16.5. The fourth-order valence-electron chi connectivity index (χ4n) is 1.64. The van der Waals surface area contributed by atoms with Gasteiger partial charge in [0, 0.05) is 32.2 Å². The van der Waals surface area contributed by atoms with Gasteiger partial charge in [0.2, 0.25) is 0 Å². The normalized spacial score (nSPS) is 14.9. The van der Waals surface area contributed by atoms with Crippen LogP contribution in [0.1, 0.15) is 24.9 Å². The van der Waals surface area contributed by atoms with Crippen molar-refractivity contribution in [3.63, 3.8) is 0 Å². The van der Waals surface area contributed by atoms with Gasteiger partial charge in [-0.3, -0.25) is 16.3 Å². The number of hydrogen-bond donors (Lipinski definition) is 2. The Kier molecular flexibility index (Phi) is 5.25. The number of nitrogens with one attached hydrogen (secondary N) is 1. The van der Waals surface area contributed by atoms with Crippen molar-refractivity contribution in [2.75, 3.05) is 13.7 Å². The molecule has 0 bridgehead atoms. The van der Waals surface area contributed by atoms with Crippen LogP contribution in [0.15, 0.2) is 24.5 Å². The van der Waals surface area contributed by atoms with E-state index in [9.17, 15) is 0 Å². The number of methoxy groups -OCH3 is 1. The summed E-state index contributed by atoms with van der Waals surface area (Å²) in [7, 11) is 1.71. The van der Waals surface area contributed by atoms with Crippen LogP contribution in [0.3, 0.4) is 0 Å². The molecule has 0 aliphatic rings. The molecule has 2 atom stereocenters. The van der Waals surface area contributed by atoms with Gasteiger partial charge in [-0.2, -0.15) is 0 Å². The van der Waals surface area contributed by atoms with Gasteiger partial charge in [0.25, 0.3) is 0 Å². The molecule has 1 rings (SSSR count). The second kappa shape index (κ2) is 6.50. The second-order valence-electron chi connectivity index (χ2n) is 3.80. The Morgan fingerprint density at radius 3 is 2.93 bits per heavy atom. The molecule has 4 nitrogen and oxygen atoms in total. The first-order valence-electron chi connectivity index (χ1n) is 5.13. The first-order chi connectivity index (χ1) is 7.27. The van der Waals surface area contributed by atoms with E-state index in [0.29, 0.717) is 5.92 Å².